The molecule has 0 aliphatic heterocycles. The number of rotatable bonds is 5. The maximum atomic E-state index is 4.37. The molecule has 0 spiro atoms. The number of hydrogen-bond acceptors (Lipinski definition) is 1. The van der Waals surface area contributed by atoms with E-state index in [1.165, 1.54) is 17.7 Å². The molecule has 3 heteroatoms. The van der Waals surface area contributed by atoms with Gasteiger partial charge in [-0.3, -0.25) is 4.68 Å². The Balaban J connectivity index is 1.84. The summed E-state index contributed by atoms with van der Waals surface area (Å²) in [6.07, 6.45) is 3.41. The number of halogens is 1. The van der Waals surface area contributed by atoms with Crippen molar-refractivity contribution in [2.75, 3.05) is 0 Å². The predicted octanol–water partition coefficient (Wildman–Crippen LogP) is 4.19. The van der Waals surface area contributed by atoms with Gasteiger partial charge < -0.3 is 0 Å². The van der Waals surface area contributed by atoms with Gasteiger partial charge >= 0.3 is 0 Å². The van der Waals surface area contributed by atoms with Crippen molar-refractivity contribution in [3.63, 3.8) is 0 Å². The van der Waals surface area contributed by atoms with E-state index < -0.39 is 0 Å². The second-order valence-corrected chi connectivity index (χ2v) is 5.78. The average molecular weight is 307 g/mol. The van der Waals surface area contributed by atoms with Crippen molar-refractivity contribution in [2.45, 2.75) is 31.0 Å². The second kappa shape index (κ2) is 6.19. The van der Waals surface area contributed by atoms with Crippen LogP contribution in [0.5, 0.6) is 0 Å². The van der Waals surface area contributed by atoms with E-state index in [9.17, 15) is 0 Å². The van der Waals surface area contributed by atoms with Crippen LogP contribution in [0.2, 0.25) is 0 Å². The highest BCUT2D eigenvalue weighted by Gasteiger charge is 2.08. The second-order valence-electron chi connectivity index (χ2n) is 4.67. The highest BCUT2D eigenvalue weighted by molar-refractivity contribution is 9.09. The third kappa shape index (κ3) is 3.45. The molecule has 0 radical (unpaired) electrons. The molecule has 0 fully saturated rings. The average Bonchev–Trinajstić information content (AvgIpc) is 2.69. The molecule has 0 aliphatic rings. The van der Waals surface area contributed by atoms with E-state index in [4.69, 9.17) is 0 Å². The molecule has 1 aromatic heterocycles. The van der Waals surface area contributed by atoms with Gasteiger partial charge in [-0.05, 0) is 37.8 Å². The Bertz CT molecular complexity index is 490. The number of alkyl halides is 1. The van der Waals surface area contributed by atoms with Crippen LogP contribution < -0.4 is 0 Å². The summed E-state index contributed by atoms with van der Waals surface area (Å²) in [4.78, 5) is 0.452. The van der Waals surface area contributed by atoms with Gasteiger partial charge in [-0.15, -0.1) is 0 Å². The molecule has 0 amide bonds. The zero-order valence-corrected chi connectivity index (χ0v) is 12.5. The van der Waals surface area contributed by atoms with Crippen LogP contribution in [-0.4, -0.2) is 9.78 Å². The van der Waals surface area contributed by atoms with Crippen molar-refractivity contribution in [3.05, 3.63) is 53.3 Å². The molecule has 2 rings (SSSR count). The Labute approximate surface area is 117 Å². The summed E-state index contributed by atoms with van der Waals surface area (Å²) >= 11 is 3.76. The van der Waals surface area contributed by atoms with Crippen molar-refractivity contribution in [1.82, 2.24) is 9.78 Å². The molecule has 0 aliphatic carbocycles. The van der Waals surface area contributed by atoms with Crippen molar-refractivity contribution in [3.8, 4) is 0 Å². The topological polar surface area (TPSA) is 17.8 Å². The first-order chi connectivity index (χ1) is 8.66. The smallest absolute Gasteiger partial charge is 0.0596 e. The van der Waals surface area contributed by atoms with Gasteiger partial charge in [0.1, 0.15) is 0 Å². The highest BCUT2D eigenvalue weighted by Crippen LogP contribution is 2.28. The van der Waals surface area contributed by atoms with Gasteiger partial charge in [-0.1, -0.05) is 46.3 Å². The van der Waals surface area contributed by atoms with Gasteiger partial charge in [-0.25, -0.2) is 0 Å². The van der Waals surface area contributed by atoms with Crippen LogP contribution in [0.25, 0.3) is 0 Å². The van der Waals surface area contributed by atoms with Crippen molar-refractivity contribution < 1.29 is 0 Å². The predicted molar refractivity (Wildman–Crippen MR) is 79.0 cm³/mol. The number of benzene rings is 1. The lowest BCUT2D eigenvalue weighted by Crippen LogP contribution is -1.99. The number of hydrogen-bond donors (Lipinski definition) is 0. The van der Waals surface area contributed by atoms with Crippen LogP contribution in [-0.2, 0) is 13.5 Å². The zero-order chi connectivity index (χ0) is 13.0. The SMILES string of the molecule is Cc1cc(CCCC(Br)c2ccccc2)n(C)n1. The molecule has 0 saturated carbocycles. The van der Waals surface area contributed by atoms with Gasteiger partial charge in [0.2, 0.25) is 0 Å². The van der Waals surface area contributed by atoms with E-state index in [2.05, 4.69) is 57.4 Å². The van der Waals surface area contributed by atoms with Crippen LogP contribution in [0.4, 0.5) is 0 Å². The molecule has 0 bridgehead atoms. The fourth-order valence-electron chi connectivity index (χ4n) is 2.19. The minimum Gasteiger partial charge on any atom is -0.272 e. The third-order valence-electron chi connectivity index (χ3n) is 3.15. The third-order valence-corrected chi connectivity index (χ3v) is 4.14. The summed E-state index contributed by atoms with van der Waals surface area (Å²) in [6, 6.07) is 12.8. The molecule has 0 N–H and O–H groups in total. The Morgan fingerprint density at radius 3 is 2.61 bits per heavy atom. The first-order valence-electron chi connectivity index (χ1n) is 6.35. The van der Waals surface area contributed by atoms with E-state index >= 15 is 0 Å². The van der Waals surface area contributed by atoms with E-state index in [-0.39, 0.29) is 0 Å². The molecule has 96 valence electrons. The van der Waals surface area contributed by atoms with Crippen molar-refractivity contribution in [1.29, 1.82) is 0 Å². The summed E-state index contributed by atoms with van der Waals surface area (Å²) in [5.74, 6) is 0. The van der Waals surface area contributed by atoms with Gasteiger partial charge in [0.05, 0.1) is 5.69 Å². The van der Waals surface area contributed by atoms with Gasteiger partial charge in [0.25, 0.3) is 0 Å². The summed E-state index contributed by atoms with van der Waals surface area (Å²) in [7, 11) is 2.02. The minimum absolute atomic E-state index is 0.452. The summed E-state index contributed by atoms with van der Waals surface area (Å²) in [5.41, 5.74) is 3.78. The Hall–Kier alpha value is -1.09. The molecular formula is C15H19BrN2. The summed E-state index contributed by atoms with van der Waals surface area (Å²) in [6.45, 7) is 2.04. The minimum atomic E-state index is 0.452. The number of aryl methyl sites for hydroxylation is 3. The van der Waals surface area contributed by atoms with E-state index in [0.717, 1.165) is 18.5 Å². The molecular weight excluding hydrogens is 288 g/mol. The molecule has 18 heavy (non-hydrogen) atoms. The number of aromatic nitrogens is 2. The van der Waals surface area contributed by atoms with Crippen LogP contribution in [0.15, 0.2) is 36.4 Å². The zero-order valence-electron chi connectivity index (χ0n) is 10.9. The lowest BCUT2D eigenvalue weighted by molar-refractivity contribution is 0.655. The van der Waals surface area contributed by atoms with Gasteiger partial charge in [-0.2, -0.15) is 5.10 Å². The molecule has 1 heterocycles. The Morgan fingerprint density at radius 1 is 1.28 bits per heavy atom. The molecule has 0 saturated heterocycles. The summed E-state index contributed by atoms with van der Waals surface area (Å²) < 4.78 is 1.99. The van der Waals surface area contributed by atoms with E-state index in [0.29, 0.717) is 4.83 Å². The standard InChI is InChI=1S/C15H19BrN2/c1-12-11-14(18(2)17-12)9-6-10-15(16)13-7-4-3-5-8-13/h3-5,7-8,11,15H,6,9-10H2,1-2H3. The Kier molecular flexibility index (Phi) is 4.59. The maximum absolute atomic E-state index is 4.37. The quantitative estimate of drug-likeness (QED) is 0.757. The van der Waals surface area contributed by atoms with Crippen molar-refractivity contribution >= 4 is 15.9 Å². The molecule has 2 nitrogen and oxygen atoms in total. The van der Waals surface area contributed by atoms with Crippen LogP contribution in [0.1, 0.15) is 34.6 Å². The monoisotopic (exact) mass is 306 g/mol. The normalized spacial score (nSPS) is 12.6. The lowest BCUT2D eigenvalue weighted by Gasteiger charge is -2.09. The molecule has 1 atom stereocenters. The highest BCUT2D eigenvalue weighted by atomic mass is 79.9. The largest absolute Gasteiger partial charge is 0.272 e. The van der Waals surface area contributed by atoms with Crippen LogP contribution in [0.3, 0.4) is 0 Å². The Morgan fingerprint density at radius 2 is 2.00 bits per heavy atom. The van der Waals surface area contributed by atoms with Gasteiger partial charge in [0, 0.05) is 17.6 Å². The molecule has 1 unspecified atom stereocenters. The maximum Gasteiger partial charge on any atom is 0.0596 e. The van der Waals surface area contributed by atoms with Gasteiger partial charge in [0.15, 0.2) is 0 Å². The van der Waals surface area contributed by atoms with E-state index in [1.54, 1.807) is 0 Å². The van der Waals surface area contributed by atoms with Crippen LogP contribution in [0, 0.1) is 6.92 Å². The number of nitrogens with zero attached hydrogens (tertiary/aromatic N) is 2. The first-order valence-corrected chi connectivity index (χ1v) is 7.27. The van der Waals surface area contributed by atoms with Crippen LogP contribution >= 0.6 is 15.9 Å². The molecule has 1 aromatic carbocycles. The van der Waals surface area contributed by atoms with E-state index in [1.807, 2.05) is 18.7 Å². The first kappa shape index (κ1) is 13.3. The fraction of sp³-hybridized carbons (Fsp3) is 0.400. The van der Waals surface area contributed by atoms with Crippen molar-refractivity contribution in [2.24, 2.45) is 7.05 Å². The lowest BCUT2D eigenvalue weighted by atomic mass is 10.1. The summed E-state index contributed by atoms with van der Waals surface area (Å²) in [5, 5.41) is 4.37. The molecule has 2 aromatic rings. The fourth-order valence-corrected chi connectivity index (χ4v) is 2.82.